The largest absolute Gasteiger partial charge is 0.472 e. The third-order valence-corrected chi connectivity index (χ3v) is 7.56. The predicted octanol–water partition coefficient (Wildman–Crippen LogP) is 6.57. The zero-order valence-electron chi connectivity index (χ0n) is 19.1. The summed E-state index contributed by atoms with van der Waals surface area (Å²) in [6, 6.07) is 18.9. The topological polar surface area (TPSA) is 65.7 Å². The van der Waals surface area contributed by atoms with Crippen LogP contribution in [-0.2, 0) is 14.3 Å². The van der Waals surface area contributed by atoms with E-state index in [0.29, 0.717) is 5.75 Å². The van der Waals surface area contributed by atoms with Gasteiger partial charge in [-0.2, -0.15) is 0 Å². The van der Waals surface area contributed by atoms with Crippen LogP contribution in [0.25, 0.3) is 0 Å². The number of carbonyl (C=O) groups is 2. The van der Waals surface area contributed by atoms with Gasteiger partial charge in [-0.05, 0) is 48.1 Å². The summed E-state index contributed by atoms with van der Waals surface area (Å²) in [5.74, 6) is 1.63. The Morgan fingerprint density at radius 3 is 2.59 bits per heavy atom. The summed E-state index contributed by atoms with van der Waals surface area (Å²) in [6.45, 7) is 4.10. The lowest BCUT2D eigenvalue weighted by Crippen LogP contribution is -2.16. The number of allylic oxidation sites excluding steroid dienone is 1. The summed E-state index contributed by atoms with van der Waals surface area (Å²) in [7, 11) is 0. The Morgan fingerprint density at radius 1 is 1.09 bits per heavy atom. The first-order chi connectivity index (χ1) is 16.4. The minimum Gasteiger partial charge on any atom is -0.472 e. The van der Waals surface area contributed by atoms with Gasteiger partial charge in [0.1, 0.15) is 11.5 Å². The third-order valence-electron chi connectivity index (χ3n) is 6.63. The molecule has 1 aliphatic heterocycles. The van der Waals surface area contributed by atoms with Gasteiger partial charge in [-0.1, -0.05) is 62.0 Å². The normalized spacial score (nSPS) is 23.0. The summed E-state index contributed by atoms with van der Waals surface area (Å²) >= 11 is 1.35. The van der Waals surface area contributed by atoms with Gasteiger partial charge in [-0.15, -0.1) is 0 Å². The summed E-state index contributed by atoms with van der Waals surface area (Å²) in [6.07, 6.45) is 5.30. The van der Waals surface area contributed by atoms with Crippen LogP contribution in [0.3, 0.4) is 0 Å². The lowest BCUT2D eigenvalue weighted by Gasteiger charge is -2.18. The van der Waals surface area contributed by atoms with Crippen LogP contribution >= 0.6 is 11.8 Å². The molecular weight excluding hydrogens is 448 g/mol. The van der Waals surface area contributed by atoms with E-state index in [1.807, 2.05) is 60.7 Å². The van der Waals surface area contributed by atoms with Crippen molar-refractivity contribution in [1.82, 2.24) is 0 Å². The quantitative estimate of drug-likeness (QED) is 0.285. The number of hydrogen-bond acceptors (Lipinski definition) is 6. The maximum atomic E-state index is 13.3. The van der Waals surface area contributed by atoms with E-state index < -0.39 is 6.10 Å². The number of esters is 1. The van der Waals surface area contributed by atoms with Crippen molar-refractivity contribution in [3.8, 4) is 11.5 Å². The second-order valence-corrected chi connectivity index (χ2v) is 10.3. The van der Waals surface area contributed by atoms with Gasteiger partial charge in [-0.25, -0.2) is 0 Å². The zero-order valence-corrected chi connectivity index (χ0v) is 19.9. The van der Waals surface area contributed by atoms with E-state index in [9.17, 15) is 9.59 Å². The van der Waals surface area contributed by atoms with Crippen LogP contribution in [0.15, 0.2) is 89.3 Å². The van der Waals surface area contributed by atoms with Gasteiger partial charge in [-0.3, -0.25) is 9.59 Å². The molecule has 1 saturated carbocycles. The van der Waals surface area contributed by atoms with E-state index >= 15 is 0 Å². The molecule has 0 radical (unpaired) electrons. The molecule has 5 rings (SSSR count). The highest BCUT2D eigenvalue weighted by molar-refractivity contribution is 8.14. The minimum absolute atomic E-state index is 0.00426. The Labute approximate surface area is 203 Å². The Morgan fingerprint density at radius 2 is 1.88 bits per heavy atom. The van der Waals surface area contributed by atoms with Gasteiger partial charge in [0, 0.05) is 22.5 Å². The van der Waals surface area contributed by atoms with Crippen LogP contribution in [-0.4, -0.2) is 16.8 Å². The number of carbonyl (C=O) groups excluding carboxylic acids is 2. The molecule has 3 atom stereocenters. The highest BCUT2D eigenvalue weighted by Gasteiger charge is 2.62. The average molecular weight is 475 g/mol. The Hall–Kier alpha value is -3.25. The second kappa shape index (κ2) is 9.18. The van der Waals surface area contributed by atoms with Gasteiger partial charge in [0.2, 0.25) is 5.12 Å². The van der Waals surface area contributed by atoms with Gasteiger partial charge in [0.15, 0.2) is 6.10 Å². The molecule has 2 aromatic carbocycles. The van der Waals surface area contributed by atoms with Gasteiger partial charge >= 0.3 is 5.97 Å². The Balaban J connectivity index is 1.37. The van der Waals surface area contributed by atoms with Crippen molar-refractivity contribution in [2.24, 2.45) is 17.3 Å². The van der Waals surface area contributed by atoms with Crippen molar-refractivity contribution in [2.75, 3.05) is 5.75 Å². The molecule has 0 amide bonds. The van der Waals surface area contributed by atoms with E-state index in [1.165, 1.54) is 11.8 Å². The van der Waals surface area contributed by atoms with Crippen molar-refractivity contribution >= 4 is 22.8 Å². The highest BCUT2D eigenvalue weighted by Crippen LogP contribution is 2.60. The van der Waals surface area contributed by atoms with Crippen molar-refractivity contribution in [3.05, 3.63) is 96.0 Å². The van der Waals surface area contributed by atoms with E-state index in [-0.39, 0.29) is 28.3 Å². The third kappa shape index (κ3) is 4.55. The van der Waals surface area contributed by atoms with E-state index in [0.717, 1.165) is 34.6 Å². The molecule has 1 saturated heterocycles. The Kier molecular flexibility index (Phi) is 6.09. The number of para-hydroxylation sites is 1. The van der Waals surface area contributed by atoms with E-state index in [2.05, 4.69) is 13.8 Å². The molecule has 174 valence electrons. The van der Waals surface area contributed by atoms with Crippen LogP contribution in [0.1, 0.15) is 37.5 Å². The number of thioether (sulfide) groups is 1. The number of hydrogen-bond donors (Lipinski definition) is 0. The fourth-order valence-corrected chi connectivity index (χ4v) is 5.43. The molecule has 0 N–H and O–H groups in total. The molecule has 3 aromatic rings. The first-order valence-corrected chi connectivity index (χ1v) is 12.4. The van der Waals surface area contributed by atoms with Crippen molar-refractivity contribution in [2.45, 2.75) is 26.4 Å². The lowest BCUT2D eigenvalue weighted by molar-refractivity contribution is -0.150. The van der Waals surface area contributed by atoms with E-state index in [1.54, 1.807) is 18.6 Å². The van der Waals surface area contributed by atoms with Crippen LogP contribution in [0, 0.1) is 17.3 Å². The fourth-order valence-electron chi connectivity index (χ4n) is 4.56. The van der Waals surface area contributed by atoms with Crippen molar-refractivity contribution in [1.29, 1.82) is 0 Å². The van der Waals surface area contributed by atoms with Gasteiger partial charge in [0.05, 0.1) is 18.4 Å². The molecule has 0 spiro atoms. The molecule has 5 nitrogen and oxygen atoms in total. The van der Waals surface area contributed by atoms with E-state index in [4.69, 9.17) is 13.9 Å². The molecule has 2 heterocycles. The highest BCUT2D eigenvalue weighted by atomic mass is 32.2. The molecular formula is C28H26O5S. The average Bonchev–Trinajstić information content (AvgIpc) is 3.24. The molecule has 34 heavy (non-hydrogen) atoms. The SMILES string of the molecule is CC1(C)[C@H](C(=O)OC(c2ccoc2)c2cccc(Oc3ccccc3)c2)[C@@H]1/C=C1/CCSC1=O. The number of furan rings is 1. The van der Waals surface area contributed by atoms with Crippen molar-refractivity contribution < 1.29 is 23.5 Å². The molecule has 2 fully saturated rings. The van der Waals surface area contributed by atoms with Crippen LogP contribution < -0.4 is 4.74 Å². The predicted molar refractivity (Wildman–Crippen MR) is 131 cm³/mol. The smallest absolute Gasteiger partial charge is 0.311 e. The number of benzene rings is 2. The fraction of sp³-hybridized carbons (Fsp3) is 0.286. The summed E-state index contributed by atoms with van der Waals surface area (Å²) in [5.41, 5.74) is 2.12. The van der Waals surface area contributed by atoms with Crippen molar-refractivity contribution in [3.63, 3.8) is 0 Å². The van der Waals surface area contributed by atoms with Gasteiger partial charge < -0.3 is 13.9 Å². The summed E-state index contributed by atoms with van der Waals surface area (Å²) < 4.78 is 17.4. The number of ether oxygens (including phenoxy) is 2. The maximum Gasteiger partial charge on any atom is 0.311 e. The van der Waals surface area contributed by atoms with Crippen LogP contribution in [0.4, 0.5) is 0 Å². The first kappa shape index (κ1) is 22.5. The lowest BCUT2D eigenvalue weighted by atomic mass is 10.0. The standard InChI is InChI=1S/C28H26O5S/c1-28(2)23(16-19-12-14-34-27(19)30)24(28)26(29)33-25(20-11-13-31-17-20)18-7-6-10-22(15-18)32-21-8-4-3-5-9-21/h3-11,13,15-17,23-25H,12,14H2,1-2H3/b19-16-/t23-,24-,25?/m0/s1. The number of rotatable bonds is 7. The molecule has 1 unspecified atom stereocenters. The zero-order chi connectivity index (χ0) is 23.7. The molecule has 2 aliphatic rings. The summed E-state index contributed by atoms with van der Waals surface area (Å²) in [4.78, 5) is 25.4. The van der Waals surface area contributed by atoms with Crippen LogP contribution in [0.5, 0.6) is 11.5 Å². The molecule has 1 aromatic heterocycles. The minimum atomic E-state index is -0.626. The maximum absolute atomic E-state index is 13.3. The molecule has 1 aliphatic carbocycles. The second-order valence-electron chi connectivity index (χ2n) is 9.26. The Bertz CT molecular complexity index is 1210. The molecule has 0 bridgehead atoms. The van der Waals surface area contributed by atoms with Gasteiger partial charge in [0.25, 0.3) is 0 Å². The first-order valence-electron chi connectivity index (χ1n) is 11.4. The van der Waals surface area contributed by atoms with Crippen LogP contribution in [0.2, 0.25) is 0 Å². The summed E-state index contributed by atoms with van der Waals surface area (Å²) in [5, 5.41) is 0.126. The monoisotopic (exact) mass is 474 g/mol. The molecule has 6 heteroatoms.